The fourth-order valence-electron chi connectivity index (χ4n) is 1.43. The molecule has 0 aliphatic heterocycles. The topological polar surface area (TPSA) is 95.5 Å². The molecule has 0 fully saturated rings. The third-order valence-electron chi connectivity index (χ3n) is 2.29. The molecule has 0 saturated carbocycles. The zero-order valence-electron chi connectivity index (χ0n) is 10.9. The van der Waals surface area contributed by atoms with Crippen LogP contribution >= 0.6 is 0 Å². The summed E-state index contributed by atoms with van der Waals surface area (Å²) in [6, 6.07) is 6.52. The van der Waals surface area contributed by atoms with Gasteiger partial charge in [-0.15, -0.1) is 0 Å². The van der Waals surface area contributed by atoms with E-state index < -0.39 is 16.1 Å². The van der Waals surface area contributed by atoms with Gasteiger partial charge < -0.3 is 10.4 Å². The van der Waals surface area contributed by atoms with Crippen molar-refractivity contribution in [3.05, 3.63) is 24.3 Å². The molecule has 0 aliphatic rings. The van der Waals surface area contributed by atoms with Gasteiger partial charge in [0.25, 0.3) is 0 Å². The van der Waals surface area contributed by atoms with Crippen LogP contribution in [0.25, 0.3) is 0 Å². The van der Waals surface area contributed by atoms with Gasteiger partial charge in [0, 0.05) is 6.42 Å². The van der Waals surface area contributed by atoms with Crippen molar-refractivity contribution in [2.45, 2.75) is 25.9 Å². The Labute approximate surface area is 112 Å². The van der Waals surface area contributed by atoms with Crippen LogP contribution < -0.4 is 10.0 Å². The summed E-state index contributed by atoms with van der Waals surface area (Å²) in [5.41, 5.74) is 0.707. The molecule has 0 radical (unpaired) electrons. The molecule has 19 heavy (non-hydrogen) atoms. The normalized spacial score (nSPS) is 12.8. The predicted octanol–water partition coefficient (Wildman–Crippen LogP) is 1.16. The summed E-state index contributed by atoms with van der Waals surface area (Å²) in [7, 11) is -3.40. The van der Waals surface area contributed by atoms with Gasteiger partial charge in [-0.2, -0.15) is 0 Å². The molecule has 1 aromatic rings. The third-order valence-corrected chi connectivity index (χ3v) is 2.88. The number of carbonyl (C=O) groups is 1. The number of aliphatic hydroxyl groups is 1. The second-order valence-corrected chi connectivity index (χ2v) is 6.10. The molecule has 0 aliphatic carbocycles. The Morgan fingerprint density at radius 2 is 1.89 bits per heavy atom. The highest BCUT2D eigenvalue weighted by Crippen LogP contribution is 2.22. The van der Waals surface area contributed by atoms with E-state index in [-0.39, 0.29) is 12.3 Å². The van der Waals surface area contributed by atoms with Crippen molar-refractivity contribution in [2.24, 2.45) is 0 Å². The maximum absolute atomic E-state index is 11.6. The monoisotopic (exact) mass is 286 g/mol. The lowest BCUT2D eigenvalue weighted by Gasteiger charge is -2.12. The number of hydrogen-bond acceptors (Lipinski definition) is 4. The van der Waals surface area contributed by atoms with Crippen LogP contribution in [-0.2, 0) is 14.8 Å². The highest BCUT2D eigenvalue weighted by Gasteiger charge is 2.10. The lowest BCUT2D eigenvalue weighted by atomic mass is 10.2. The number of para-hydroxylation sites is 2. The number of sulfonamides is 1. The molecule has 1 amide bonds. The summed E-state index contributed by atoms with van der Waals surface area (Å²) in [5, 5.41) is 11.7. The number of rotatable bonds is 6. The van der Waals surface area contributed by atoms with E-state index in [9.17, 15) is 13.2 Å². The van der Waals surface area contributed by atoms with Gasteiger partial charge in [0.05, 0.1) is 23.7 Å². The quantitative estimate of drug-likeness (QED) is 0.731. The van der Waals surface area contributed by atoms with Crippen LogP contribution in [-0.4, -0.2) is 31.8 Å². The molecule has 3 N–H and O–H groups in total. The number of anilines is 2. The molecule has 1 rings (SSSR count). The molecule has 0 spiro atoms. The molecule has 1 aromatic carbocycles. The minimum atomic E-state index is -3.40. The van der Waals surface area contributed by atoms with E-state index in [1.165, 1.54) is 0 Å². The average Bonchev–Trinajstić information content (AvgIpc) is 2.27. The molecular formula is C12H18N2O4S. The van der Waals surface area contributed by atoms with E-state index in [1.807, 2.05) is 0 Å². The Balaban J connectivity index is 2.75. The molecule has 106 valence electrons. The van der Waals surface area contributed by atoms with Crippen molar-refractivity contribution in [2.75, 3.05) is 16.3 Å². The van der Waals surface area contributed by atoms with Gasteiger partial charge >= 0.3 is 0 Å². The first-order chi connectivity index (χ1) is 8.78. The number of hydrogen-bond donors (Lipinski definition) is 3. The third kappa shape index (κ3) is 6.21. The Bertz CT molecular complexity index is 540. The number of aliphatic hydroxyl groups excluding tert-OH is 1. The zero-order chi connectivity index (χ0) is 14.5. The highest BCUT2D eigenvalue weighted by atomic mass is 32.2. The molecule has 1 atom stereocenters. The number of nitrogens with one attached hydrogen (secondary N) is 2. The molecule has 7 heteroatoms. The van der Waals surface area contributed by atoms with Gasteiger partial charge in [0.2, 0.25) is 15.9 Å². The van der Waals surface area contributed by atoms with Crippen molar-refractivity contribution in [3.8, 4) is 0 Å². The standard InChI is InChI=1S/C12H18N2O4S/c1-9(15)7-8-12(16)13-10-5-3-4-6-11(10)14-19(2,17)18/h3-6,9,14-15H,7-8H2,1-2H3,(H,13,16). The molecular weight excluding hydrogens is 268 g/mol. The van der Waals surface area contributed by atoms with E-state index in [1.54, 1.807) is 31.2 Å². The summed E-state index contributed by atoms with van der Waals surface area (Å²) in [6.45, 7) is 1.60. The fraction of sp³-hybridized carbons (Fsp3) is 0.417. The van der Waals surface area contributed by atoms with Crippen molar-refractivity contribution in [1.82, 2.24) is 0 Å². The summed E-state index contributed by atoms with van der Waals surface area (Å²) < 4.78 is 24.7. The lowest BCUT2D eigenvalue weighted by Crippen LogP contribution is -2.17. The van der Waals surface area contributed by atoms with E-state index >= 15 is 0 Å². The molecule has 0 heterocycles. The lowest BCUT2D eigenvalue weighted by molar-refractivity contribution is -0.116. The van der Waals surface area contributed by atoms with Gasteiger partial charge in [-0.25, -0.2) is 8.42 Å². The molecule has 0 aromatic heterocycles. The number of benzene rings is 1. The first kappa shape index (κ1) is 15.5. The highest BCUT2D eigenvalue weighted by molar-refractivity contribution is 7.92. The second kappa shape index (κ2) is 6.53. The first-order valence-corrected chi connectivity index (χ1v) is 7.72. The number of amides is 1. The average molecular weight is 286 g/mol. The van der Waals surface area contributed by atoms with Gasteiger partial charge in [-0.3, -0.25) is 9.52 Å². The minimum Gasteiger partial charge on any atom is -0.393 e. The van der Waals surface area contributed by atoms with Crippen LogP contribution in [0, 0.1) is 0 Å². The molecule has 0 bridgehead atoms. The summed E-state index contributed by atoms with van der Waals surface area (Å²) in [4.78, 5) is 11.6. The van der Waals surface area contributed by atoms with Crippen LogP contribution in [0.5, 0.6) is 0 Å². The Morgan fingerprint density at radius 3 is 2.42 bits per heavy atom. The largest absolute Gasteiger partial charge is 0.393 e. The smallest absolute Gasteiger partial charge is 0.229 e. The van der Waals surface area contributed by atoms with Gasteiger partial charge in [0.1, 0.15) is 0 Å². The molecule has 1 unspecified atom stereocenters. The second-order valence-electron chi connectivity index (χ2n) is 4.36. The van der Waals surface area contributed by atoms with Crippen LogP contribution in [0.15, 0.2) is 24.3 Å². The molecule has 0 saturated heterocycles. The maximum Gasteiger partial charge on any atom is 0.229 e. The zero-order valence-corrected chi connectivity index (χ0v) is 11.7. The van der Waals surface area contributed by atoms with Crippen LogP contribution in [0.1, 0.15) is 19.8 Å². The summed E-state index contributed by atoms with van der Waals surface area (Å²) >= 11 is 0. The maximum atomic E-state index is 11.6. The van der Waals surface area contributed by atoms with Crippen molar-refractivity contribution < 1.29 is 18.3 Å². The Hall–Kier alpha value is -1.60. The molecule has 6 nitrogen and oxygen atoms in total. The Morgan fingerprint density at radius 1 is 1.32 bits per heavy atom. The van der Waals surface area contributed by atoms with Crippen molar-refractivity contribution >= 4 is 27.3 Å². The Kier molecular flexibility index (Phi) is 5.31. The number of carbonyl (C=O) groups excluding carboxylic acids is 1. The minimum absolute atomic E-state index is 0.172. The van der Waals surface area contributed by atoms with Crippen molar-refractivity contribution in [1.29, 1.82) is 0 Å². The van der Waals surface area contributed by atoms with Gasteiger partial charge in [0.15, 0.2) is 0 Å². The summed E-state index contributed by atoms with van der Waals surface area (Å²) in [5.74, 6) is -0.274. The fourth-order valence-corrected chi connectivity index (χ4v) is 2.01. The SMILES string of the molecule is CC(O)CCC(=O)Nc1ccccc1NS(C)(=O)=O. The van der Waals surface area contributed by atoms with E-state index in [4.69, 9.17) is 5.11 Å². The first-order valence-electron chi connectivity index (χ1n) is 5.82. The van der Waals surface area contributed by atoms with E-state index in [2.05, 4.69) is 10.0 Å². The van der Waals surface area contributed by atoms with Crippen LogP contribution in [0.2, 0.25) is 0 Å². The van der Waals surface area contributed by atoms with Crippen LogP contribution in [0.3, 0.4) is 0 Å². The van der Waals surface area contributed by atoms with Crippen LogP contribution in [0.4, 0.5) is 11.4 Å². The van der Waals surface area contributed by atoms with Gasteiger partial charge in [-0.05, 0) is 25.5 Å². The van der Waals surface area contributed by atoms with Crippen molar-refractivity contribution in [3.63, 3.8) is 0 Å². The van der Waals surface area contributed by atoms with E-state index in [0.29, 0.717) is 17.8 Å². The summed E-state index contributed by atoms with van der Waals surface area (Å²) in [6.07, 6.45) is 1.02. The van der Waals surface area contributed by atoms with E-state index in [0.717, 1.165) is 6.26 Å². The van der Waals surface area contributed by atoms with Gasteiger partial charge in [-0.1, -0.05) is 12.1 Å². The predicted molar refractivity (Wildman–Crippen MR) is 74.5 cm³/mol.